The number of rotatable bonds is 4. The molecule has 0 aliphatic rings. The van der Waals surface area contributed by atoms with Crippen molar-refractivity contribution in [2.45, 2.75) is 33.4 Å². The summed E-state index contributed by atoms with van der Waals surface area (Å²) in [5, 5.41) is 12.9. The molecule has 1 aromatic heterocycles. The van der Waals surface area contributed by atoms with Gasteiger partial charge in [-0.25, -0.2) is 9.37 Å². The average Bonchev–Trinajstić information content (AvgIpc) is 2.66. The first kappa shape index (κ1) is 13.5. The lowest BCUT2D eigenvalue weighted by Crippen LogP contribution is -2.18. The molecular formula is C14H17FN2O2. The van der Waals surface area contributed by atoms with Gasteiger partial charge >= 0.3 is 0 Å². The molecule has 4 nitrogen and oxygen atoms in total. The molecule has 0 saturated heterocycles. The first-order valence-electron chi connectivity index (χ1n) is 6.12. The number of nitrogens with zero attached hydrogens (tertiary/aromatic N) is 1. The Bertz CT molecular complexity index is 561. The second-order valence-corrected chi connectivity index (χ2v) is 4.55. The van der Waals surface area contributed by atoms with Crippen LogP contribution >= 0.6 is 0 Å². The fourth-order valence-electron chi connectivity index (χ4n) is 1.85. The lowest BCUT2D eigenvalue weighted by molar-refractivity contribution is 0.418. The van der Waals surface area contributed by atoms with Gasteiger partial charge in [0.1, 0.15) is 17.3 Å². The standard InChI is InChI=1S/C14H17FN2O2/c1-8-10(3)19-14(17-8)7-16-9(2)12-5-4-11(15)6-13(12)18/h4-6,9,16,18H,7H2,1-3H3. The summed E-state index contributed by atoms with van der Waals surface area (Å²) < 4.78 is 18.4. The zero-order valence-electron chi connectivity index (χ0n) is 11.2. The molecule has 5 heteroatoms. The molecule has 102 valence electrons. The van der Waals surface area contributed by atoms with E-state index in [-0.39, 0.29) is 11.8 Å². The highest BCUT2D eigenvalue weighted by Crippen LogP contribution is 2.24. The number of benzene rings is 1. The number of hydrogen-bond acceptors (Lipinski definition) is 4. The van der Waals surface area contributed by atoms with Crippen LogP contribution in [0.3, 0.4) is 0 Å². The number of nitrogens with one attached hydrogen (secondary N) is 1. The molecule has 0 aliphatic heterocycles. The molecule has 1 atom stereocenters. The van der Waals surface area contributed by atoms with Crippen LogP contribution in [-0.4, -0.2) is 10.1 Å². The van der Waals surface area contributed by atoms with Gasteiger partial charge in [-0.3, -0.25) is 0 Å². The van der Waals surface area contributed by atoms with Gasteiger partial charge in [-0.15, -0.1) is 0 Å². The van der Waals surface area contributed by atoms with E-state index in [0.29, 0.717) is 18.0 Å². The number of hydrogen-bond donors (Lipinski definition) is 2. The molecule has 1 unspecified atom stereocenters. The minimum atomic E-state index is -0.451. The zero-order chi connectivity index (χ0) is 14.0. The fourth-order valence-corrected chi connectivity index (χ4v) is 1.85. The van der Waals surface area contributed by atoms with Crippen molar-refractivity contribution in [1.82, 2.24) is 10.3 Å². The van der Waals surface area contributed by atoms with Crippen molar-refractivity contribution < 1.29 is 13.9 Å². The molecule has 0 bridgehead atoms. The van der Waals surface area contributed by atoms with Gasteiger partial charge < -0.3 is 14.8 Å². The van der Waals surface area contributed by atoms with E-state index in [1.54, 1.807) is 6.07 Å². The summed E-state index contributed by atoms with van der Waals surface area (Å²) in [5.74, 6) is 0.893. The average molecular weight is 264 g/mol. The predicted molar refractivity (Wildman–Crippen MR) is 69.3 cm³/mol. The molecule has 0 fully saturated rings. The van der Waals surface area contributed by atoms with Crippen LogP contribution in [0.1, 0.15) is 35.9 Å². The Morgan fingerprint density at radius 2 is 2.16 bits per heavy atom. The Balaban J connectivity index is 2.03. The van der Waals surface area contributed by atoms with E-state index >= 15 is 0 Å². The molecular weight excluding hydrogens is 247 g/mol. The van der Waals surface area contributed by atoms with Gasteiger partial charge in [-0.1, -0.05) is 6.07 Å². The van der Waals surface area contributed by atoms with Gasteiger partial charge in [-0.05, 0) is 26.8 Å². The van der Waals surface area contributed by atoms with Crippen LogP contribution < -0.4 is 5.32 Å². The summed E-state index contributed by atoms with van der Waals surface area (Å²) in [6.07, 6.45) is 0. The highest BCUT2D eigenvalue weighted by atomic mass is 19.1. The molecule has 0 saturated carbocycles. The molecule has 19 heavy (non-hydrogen) atoms. The third-order valence-electron chi connectivity index (χ3n) is 3.09. The second-order valence-electron chi connectivity index (χ2n) is 4.55. The summed E-state index contributed by atoms with van der Waals surface area (Å²) in [5.41, 5.74) is 1.51. The number of halogens is 1. The van der Waals surface area contributed by atoms with Crippen molar-refractivity contribution >= 4 is 0 Å². The Kier molecular flexibility index (Phi) is 3.85. The van der Waals surface area contributed by atoms with E-state index in [0.717, 1.165) is 17.5 Å². The van der Waals surface area contributed by atoms with E-state index in [1.165, 1.54) is 6.07 Å². The minimum absolute atomic E-state index is 0.0558. The zero-order valence-corrected chi connectivity index (χ0v) is 11.2. The maximum Gasteiger partial charge on any atom is 0.208 e. The maximum atomic E-state index is 12.9. The van der Waals surface area contributed by atoms with Crippen molar-refractivity contribution in [1.29, 1.82) is 0 Å². The van der Waals surface area contributed by atoms with Crippen LogP contribution in [0.15, 0.2) is 22.6 Å². The normalized spacial score (nSPS) is 12.6. The molecule has 0 aliphatic carbocycles. The molecule has 0 spiro atoms. The highest BCUT2D eigenvalue weighted by molar-refractivity contribution is 5.34. The monoisotopic (exact) mass is 264 g/mol. The van der Waals surface area contributed by atoms with Gasteiger partial charge in [-0.2, -0.15) is 0 Å². The Morgan fingerprint density at radius 1 is 1.42 bits per heavy atom. The molecule has 1 heterocycles. The SMILES string of the molecule is Cc1nc(CNC(C)c2ccc(F)cc2O)oc1C. The lowest BCUT2D eigenvalue weighted by atomic mass is 10.1. The van der Waals surface area contributed by atoms with Crippen molar-refractivity contribution in [3.05, 3.63) is 46.9 Å². The van der Waals surface area contributed by atoms with Crippen LogP contribution in [0.4, 0.5) is 4.39 Å². The van der Waals surface area contributed by atoms with E-state index < -0.39 is 5.82 Å². The second kappa shape index (κ2) is 5.40. The Hall–Kier alpha value is -1.88. The van der Waals surface area contributed by atoms with Crippen molar-refractivity contribution in [3.8, 4) is 5.75 Å². The Morgan fingerprint density at radius 3 is 2.74 bits per heavy atom. The molecule has 2 rings (SSSR count). The summed E-state index contributed by atoms with van der Waals surface area (Å²) in [6, 6.07) is 3.86. The summed E-state index contributed by atoms with van der Waals surface area (Å²) in [4.78, 5) is 4.26. The number of aromatic hydroxyl groups is 1. The third kappa shape index (κ3) is 3.12. The van der Waals surface area contributed by atoms with Gasteiger partial charge in [0, 0.05) is 17.7 Å². The lowest BCUT2D eigenvalue weighted by Gasteiger charge is -2.14. The smallest absolute Gasteiger partial charge is 0.208 e. The van der Waals surface area contributed by atoms with Crippen molar-refractivity contribution in [2.24, 2.45) is 0 Å². The van der Waals surface area contributed by atoms with Crippen LogP contribution in [-0.2, 0) is 6.54 Å². The quantitative estimate of drug-likeness (QED) is 0.891. The third-order valence-corrected chi connectivity index (χ3v) is 3.09. The van der Waals surface area contributed by atoms with Gasteiger partial charge in [0.2, 0.25) is 5.89 Å². The fraction of sp³-hybridized carbons (Fsp3) is 0.357. The van der Waals surface area contributed by atoms with E-state index in [4.69, 9.17) is 4.42 Å². The molecule has 2 N–H and O–H groups in total. The molecule has 0 amide bonds. The van der Waals surface area contributed by atoms with Gasteiger partial charge in [0.25, 0.3) is 0 Å². The molecule has 0 radical (unpaired) electrons. The minimum Gasteiger partial charge on any atom is -0.508 e. The summed E-state index contributed by atoms with van der Waals surface area (Å²) >= 11 is 0. The van der Waals surface area contributed by atoms with E-state index in [9.17, 15) is 9.50 Å². The largest absolute Gasteiger partial charge is 0.508 e. The first-order valence-corrected chi connectivity index (χ1v) is 6.12. The van der Waals surface area contributed by atoms with Crippen LogP contribution in [0.5, 0.6) is 5.75 Å². The van der Waals surface area contributed by atoms with Crippen LogP contribution in [0.25, 0.3) is 0 Å². The van der Waals surface area contributed by atoms with Crippen molar-refractivity contribution in [3.63, 3.8) is 0 Å². The highest BCUT2D eigenvalue weighted by Gasteiger charge is 2.12. The summed E-state index contributed by atoms with van der Waals surface area (Å²) in [6.45, 7) is 6.08. The number of phenols is 1. The Labute approximate surface area is 111 Å². The van der Waals surface area contributed by atoms with Crippen molar-refractivity contribution in [2.75, 3.05) is 0 Å². The number of aromatic nitrogens is 1. The topological polar surface area (TPSA) is 58.3 Å². The predicted octanol–water partition coefficient (Wildman–Crippen LogP) is 2.99. The van der Waals surface area contributed by atoms with Gasteiger partial charge in [0.15, 0.2) is 0 Å². The molecule has 2 aromatic rings. The van der Waals surface area contributed by atoms with E-state index in [2.05, 4.69) is 10.3 Å². The number of aryl methyl sites for hydroxylation is 2. The first-order chi connectivity index (χ1) is 8.97. The number of oxazole rings is 1. The van der Waals surface area contributed by atoms with Crippen LogP contribution in [0, 0.1) is 19.7 Å². The maximum absolute atomic E-state index is 12.9. The number of phenolic OH excluding ortho intramolecular Hbond substituents is 1. The van der Waals surface area contributed by atoms with E-state index in [1.807, 2.05) is 20.8 Å². The van der Waals surface area contributed by atoms with Gasteiger partial charge in [0.05, 0.1) is 12.2 Å². The van der Waals surface area contributed by atoms with Crippen LogP contribution in [0.2, 0.25) is 0 Å². The molecule has 1 aromatic carbocycles. The summed E-state index contributed by atoms with van der Waals surface area (Å²) in [7, 11) is 0.